The van der Waals surface area contributed by atoms with Gasteiger partial charge < -0.3 is 45.8 Å². The topological polar surface area (TPSA) is 220 Å². The standard InChI is InChI=1S/C9H18NO11P/c10-5-3(11)1-9(16,8(14)15)21-7(5)6(13)4(12)2-20-22(17,18)19/h3-7,11-13,16H,1-2,10H2,(H,14,15)(H2,17,18,19)/t3-,4?,5+,6?,7+,9?/m0/s1. The van der Waals surface area contributed by atoms with E-state index < -0.39 is 63.1 Å². The molecule has 0 saturated carbocycles. The minimum absolute atomic E-state index is 0.762. The van der Waals surface area contributed by atoms with E-state index >= 15 is 0 Å². The van der Waals surface area contributed by atoms with Gasteiger partial charge in [0.05, 0.1) is 18.8 Å². The van der Waals surface area contributed by atoms with E-state index in [2.05, 4.69) is 4.52 Å². The van der Waals surface area contributed by atoms with E-state index in [0.717, 1.165) is 0 Å². The zero-order chi connectivity index (χ0) is 17.3. The molecule has 1 aliphatic rings. The third kappa shape index (κ3) is 4.67. The molecule has 130 valence electrons. The summed E-state index contributed by atoms with van der Waals surface area (Å²) >= 11 is 0. The minimum atomic E-state index is -4.90. The van der Waals surface area contributed by atoms with Gasteiger partial charge in [-0.25, -0.2) is 9.36 Å². The molecule has 0 aromatic rings. The highest BCUT2D eigenvalue weighted by molar-refractivity contribution is 7.46. The van der Waals surface area contributed by atoms with Gasteiger partial charge in [-0.15, -0.1) is 0 Å². The first-order chi connectivity index (χ1) is 9.87. The van der Waals surface area contributed by atoms with Crippen molar-refractivity contribution in [1.82, 2.24) is 0 Å². The van der Waals surface area contributed by atoms with Crippen LogP contribution >= 0.6 is 7.82 Å². The van der Waals surface area contributed by atoms with Crippen LogP contribution in [0.4, 0.5) is 0 Å². The van der Waals surface area contributed by atoms with Gasteiger partial charge in [0.2, 0.25) is 0 Å². The average molecular weight is 347 g/mol. The molecule has 0 aliphatic carbocycles. The summed E-state index contributed by atoms with van der Waals surface area (Å²) in [5.41, 5.74) is 5.52. The van der Waals surface area contributed by atoms with Crippen molar-refractivity contribution < 1.29 is 53.9 Å². The molecule has 0 bridgehead atoms. The normalized spacial score (nSPS) is 35.9. The van der Waals surface area contributed by atoms with E-state index in [-0.39, 0.29) is 0 Å². The van der Waals surface area contributed by atoms with Crippen LogP contribution < -0.4 is 5.73 Å². The molecule has 12 nitrogen and oxygen atoms in total. The highest BCUT2D eigenvalue weighted by Crippen LogP contribution is 2.36. The molecule has 0 radical (unpaired) electrons. The van der Waals surface area contributed by atoms with E-state index in [1.165, 1.54) is 0 Å². The van der Waals surface area contributed by atoms with Crippen LogP contribution in [0.2, 0.25) is 0 Å². The molecule has 0 spiro atoms. The Labute approximate surface area is 123 Å². The lowest BCUT2D eigenvalue weighted by molar-refractivity contribution is -0.292. The van der Waals surface area contributed by atoms with E-state index in [1.54, 1.807) is 0 Å². The number of phosphoric acid groups is 1. The van der Waals surface area contributed by atoms with Crippen LogP contribution in [0.3, 0.4) is 0 Å². The largest absolute Gasteiger partial charge is 0.477 e. The third-order valence-electron chi connectivity index (χ3n) is 3.12. The number of phosphoric ester groups is 1. The Morgan fingerprint density at radius 3 is 2.45 bits per heavy atom. The van der Waals surface area contributed by atoms with E-state index in [4.69, 9.17) is 25.4 Å². The number of hydrogen-bond acceptors (Lipinski definition) is 9. The summed E-state index contributed by atoms with van der Waals surface area (Å²) < 4.78 is 19.2. The number of rotatable bonds is 6. The Balaban J connectivity index is 2.82. The summed E-state index contributed by atoms with van der Waals surface area (Å²) in [6.07, 6.45) is -7.96. The summed E-state index contributed by atoms with van der Waals surface area (Å²) in [7, 11) is -4.90. The Bertz CT molecular complexity index is 455. The van der Waals surface area contributed by atoms with Crippen LogP contribution in [0, 0.1) is 0 Å². The summed E-state index contributed by atoms with van der Waals surface area (Å²) in [5, 5.41) is 47.6. The first-order valence-electron chi connectivity index (χ1n) is 6.01. The van der Waals surface area contributed by atoms with Gasteiger partial charge in [-0.1, -0.05) is 0 Å². The summed E-state index contributed by atoms with van der Waals surface area (Å²) in [6, 6.07) is -1.36. The fourth-order valence-electron chi connectivity index (χ4n) is 1.92. The Morgan fingerprint density at radius 1 is 1.45 bits per heavy atom. The molecule has 9 N–H and O–H groups in total. The maximum atomic E-state index is 10.9. The van der Waals surface area contributed by atoms with Gasteiger partial charge in [0.25, 0.3) is 5.79 Å². The lowest BCUT2D eigenvalue weighted by Gasteiger charge is -2.43. The summed E-state index contributed by atoms with van der Waals surface area (Å²) in [4.78, 5) is 27.9. The molecule has 6 atom stereocenters. The number of carbonyl (C=O) groups is 1. The highest BCUT2D eigenvalue weighted by atomic mass is 31.2. The average Bonchev–Trinajstić information content (AvgIpc) is 2.38. The molecule has 1 fully saturated rings. The van der Waals surface area contributed by atoms with Gasteiger partial charge in [0.1, 0.15) is 18.3 Å². The van der Waals surface area contributed by atoms with Crippen LogP contribution in [-0.2, 0) is 18.6 Å². The Kier molecular flexibility index (Phi) is 6.03. The van der Waals surface area contributed by atoms with Crippen molar-refractivity contribution in [3.8, 4) is 0 Å². The lowest BCUT2D eigenvalue weighted by atomic mass is 9.89. The van der Waals surface area contributed by atoms with Crippen molar-refractivity contribution in [2.24, 2.45) is 5.73 Å². The number of aliphatic carboxylic acids is 1. The van der Waals surface area contributed by atoms with Crippen molar-refractivity contribution in [1.29, 1.82) is 0 Å². The molecule has 22 heavy (non-hydrogen) atoms. The van der Waals surface area contributed by atoms with Gasteiger partial charge in [-0.3, -0.25) is 4.52 Å². The Morgan fingerprint density at radius 2 is 2.00 bits per heavy atom. The third-order valence-corrected chi connectivity index (χ3v) is 3.60. The van der Waals surface area contributed by atoms with Crippen molar-refractivity contribution in [2.45, 2.75) is 42.7 Å². The van der Waals surface area contributed by atoms with Gasteiger partial charge in [0.15, 0.2) is 0 Å². The van der Waals surface area contributed by atoms with E-state index in [0.29, 0.717) is 0 Å². The number of carboxylic acid groups (broad SMARTS) is 1. The second-order valence-corrected chi connectivity index (χ2v) is 6.10. The second kappa shape index (κ2) is 6.84. The number of carboxylic acids is 1. The zero-order valence-corrected chi connectivity index (χ0v) is 12.0. The van der Waals surface area contributed by atoms with Gasteiger partial charge in [-0.05, 0) is 0 Å². The maximum Gasteiger partial charge on any atom is 0.469 e. The highest BCUT2D eigenvalue weighted by Gasteiger charge is 2.52. The van der Waals surface area contributed by atoms with Crippen molar-refractivity contribution in [3.63, 3.8) is 0 Å². The number of aliphatic hydroxyl groups excluding tert-OH is 3. The molecule has 0 aromatic carbocycles. The summed E-state index contributed by atoms with van der Waals surface area (Å²) in [6.45, 7) is -1.01. The molecule has 1 aliphatic heterocycles. The van der Waals surface area contributed by atoms with Crippen LogP contribution in [0.1, 0.15) is 6.42 Å². The molecule has 1 saturated heterocycles. The monoisotopic (exact) mass is 347 g/mol. The molecule has 3 unspecified atom stereocenters. The quantitative estimate of drug-likeness (QED) is 0.216. The van der Waals surface area contributed by atoms with Crippen LogP contribution in [0.15, 0.2) is 0 Å². The zero-order valence-electron chi connectivity index (χ0n) is 11.1. The number of nitrogens with two attached hydrogens (primary N) is 1. The molecule has 1 heterocycles. The SMILES string of the molecule is N[C@@H]1[C@@H](O)CC(O)(C(=O)O)O[C@H]1C(O)C(O)COP(=O)(O)O. The number of ether oxygens (including phenoxy) is 1. The van der Waals surface area contributed by atoms with Crippen molar-refractivity contribution in [3.05, 3.63) is 0 Å². The first kappa shape index (κ1) is 19.4. The molecular weight excluding hydrogens is 329 g/mol. The molecule has 0 aromatic heterocycles. The smallest absolute Gasteiger partial charge is 0.469 e. The number of hydrogen-bond donors (Lipinski definition) is 8. The lowest BCUT2D eigenvalue weighted by Crippen LogP contribution is -2.65. The number of aliphatic hydroxyl groups is 4. The maximum absolute atomic E-state index is 10.9. The predicted octanol–water partition coefficient (Wildman–Crippen LogP) is -3.93. The van der Waals surface area contributed by atoms with Gasteiger partial charge >= 0.3 is 13.8 Å². The van der Waals surface area contributed by atoms with E-state index in [1.807, 2.05) is 0 Å². The fraction of sp³-hybridized carbons (Fsp3) is 0.889. The fourth-order valence-corrected chi connectivity index (χ4v) is 2.26. The molecular formula is C9H18NO11P. The van der Waals surface area contributed by atoms with Crippen molar-refractivity contribution in [2.75, 3.05) is 6.61 Å². The van der Waals surface area contributed by atoms with Gasteiger partial charge in [0, 0.05) is 6.42 Å². The van der Waals surface area contributed by atoms with Gasteiger partial charge in [-0.2, -0.15) is 0 Å². The van der Waals surface area contributed by atoms with Crippen LogP contribution in [0.25, 0.3) is 0 Å². The van der Waals surface area contributed by atoms with Crippen LogP contribution in [0.5, 0.6) is 0 Å². The second-order valence-electron chi connectivity index (χ2n) is 4.87. The molecule has 1 rings (SSSR count). The molecule has 0 amide bonds. The van der Waals surface area contributed by atoms with E-state index in [9.17, 15) is 29.8 Å². The first-order valence-corrected chi connectivity index (χ1v) is 7.54. The summed E-state index contributed by atoms with van der Waals surface area (Å²) in [5.74, 6) is -4.67. The Hall–Kier alpha value is -0.660. The minimum Gasteiger partial charge on any atom is -0.477 e. The van der Waals surface area contributed by atoms with Crippen molar-refractivity contribution >= 4 is 13.8 Å². The predicted molar refractivity (Wildman–Crippen MR) is 66.1 cm³/mol. The molecule has 13 heteroatoms. The van der Waals surface area contributed by atoms with Crippen LogP contribution in [-0.4, -0.2) is 84.1 Å².